The molecule has 2 aromatic heterocycles. The third-order valence-corrected chi connectivity index (χ3v) is 2.51. The van der Waals surface area contributed by atoms with Gasteiger partial charge in [-0.1, -0.05) is 0 Å². The van der Waals surface area contributed by atoms with Gasteiger partial charge in [-0.15, -0.1) is 11.3 Å². The van der Waals surface area contributed by atoms with E-state index in [0.29, 0.717) is 15.7 Å². The minimum atomic E-state index is -0.482. The molecule has 0 bridgehead atoms. The SMILES string of the molecule is NC(=O)c1cnc(-c2ncccn2)s1. The Bertz CT molecular complexity index is 453. The van der Waals surface area contributed by atoms with Crippen LogP contribution in [0.1, 0.15) is 9.67 Å². The summed E-state index contributed by atoms with van der Waals surface area (Å²) < 4.78 is 0. The fraction of sp³-hybridized carbons (Fsp3) is 0. The van der Waals surface area contributed by atoms with Crippen LogP contribution < -0.4 is 5.73 Å². The van der Waals surface area contributed by atoms with E-state index in [4.69, 9.17) is 5.73 Å². The molecule has 6 heteroatoms. The van der Waals surface area contributed by atoms with Crippen molar-refractivity contribution in [3.05, 3.63) is 29.5 Å². The maximum absolute atomic E-state index is 10.8. The Morgan fingerprint density at radius 2 is 2.00 bits per heavy atom. The summed E-state index contributed by atoms with van der Waals surface area (Å²) in [6, 6.07) is 1.71. The van der Waals surface area contributed by atoms with Crippen molar-refractivity contribution >= 4 is 17.2 Å². The lowest BCUT2D eigenvalue weighted by Gasteiger charge is -1.90. The predicted molar refractivity (Wildman–Crippen MR) is 51.7 cm³/mol. The fourth-order valence-corrected chi connectivity index (χ4v) is 1.62. The van der Waals surface area contributed by atoms with Crippen LogP contribution in [0.4, 0.5) is 0 Å². The monoisotopic (exact) mass is 206 g/mol. The molecule has 2 rings (SSSR count). The maximum Gasteiger partial charge on any atom is 0.260 e. The Labute approximate surface area is 83.7 Å². The van der Waals surface area contributed by atoms with Crippen LogP contribution in [-0.4, -0.2) is 20.9 Å². The average Bonchev–Trinajstić information content (AvgIpc) is 2.68. The highest BCUT2D eigenvalue weighted by atomic mass is 32.1. The number of thiazole rings is 1. The van der Waals surface area contributed by atoms with E-state index in [1.54, 1.807) is 18.5 Å². The summed E-state index contributed by atoms with van der Waals surface area (Å²) in [6.45, 7) is 0. The molecular weight excluding hydrogens is 200 g/mol. The van der Waals surface area contributed by atoms with E-state index in [2.05, 4.69) is 15.0 Å². The first-order valence-electron chi connectivity index (χ1n) is 3.80. The summed E-state index contributed by atoms with van der Waals surface area (Å²) in [6.07, 6.45) is 4.67. The van der Waals surface area contributed by atoms with Crippen LogP contribution in [0.3, 0.4) is 0 Å². The molecule has 0 saturated carbocycles. The fourth-order valence-electron chi connectivity index (χ4n) is 0.901. The molecule has 2 aromatic rings. The first kappa shape index (κ1) is 8.76. The summed E-state index contributed by atoms with van der Waals surface area (Å²) in [7, 11) is 0. The topological polar surface area (TPSA) is 81.8 Å². The van der Waals surface area contributed by atoms with Crippen LogP contribution in [0.25, 0.3) is 10.8 Å². The van der Waals surface area contributed by atoms with E-state index in [1.807, 2.05) is 0 Å². The molecule has 14 heavy (non-hydrogen) atoms. The second-order valence-electron chi connectivity index (χ2n) is 2.47. The Hall–Kier alpha value is -1.82. The highest BCUT2D eigenvalue weighted by molar-refractivity contribution is 7.16. The van der Waals surface area contributed by atoms with Crippen LogP contribution in [0.2, 0.25) is 0 Å². The van der Waals surface area contributed by atoms with Gasteiger partial charge in [-0.05, 0) is 6.07 Å². The molecule has 0 saturated heterocycles. The number of amides is 1. The summed E-state index contributed by atoms with van der Waals surface area (Å²) >= 11 is 1.18. The average molecular weight is 206 g/mol. The molecule has 0 aliphatic rings. The number of primary amides is 1. The Kier molecular flexibility index (Phi) is 2.19. The highest BCUT2D eigenvalue weighted by Crippen LogP contribution is 2.20. The summed E-state index contributed by atoms with van der Waals surface area (Å²) in [5, 5.41) is 0.597. The lowest BCUT2D eigenvalue weighted by atomic mass is 10.5. The zero-order valence-corrected chi connectivity index (χ0v) is 7.86. The van der Waals surface area contributed by atoms with E-state index in [9.17, 15) is 4.79 Å². The van der Waals surface area contributed by atoms with Gasteiger partial charge in [-0.2, -0.15) is 0 Å². The van der Waals surface area contributed by atoms with Gasteiger partial charge in [0, 0.05) is 12.4 Å². The molecule has 0 aromatic carbocycles. The van der Waals surface area contributed by atoms with E-state index in [1.165, 1.54) is 17.5 Å². The second kappa shape index (κ2) is 3.51. The van der Waals surface area contributed by atoms with E-state index in [-0.39, 0.29) is 0 Å². The van der Waals surface area contributed by atoms with Crippen LogP contribution in [-0.2, 0) is 0 Å². The molecule has 0 radical (unpaired) electrons. The minimum Gasteiger partial charge on any atom is -0.365 e. The number of aromatic nitrogens is 3. The molecular formula is C8H6N4OS. The van der Waals surface area contributed by atoms with Gasteiger partial charge in [0.25, 0.3) is 5.91 Å². The molecule has 0 spiro atoms. The number of hydrogen-bond donors (Lipinski definition) is 1. The lowest BCUT2D eigenvalue weighted by molar-refractivity contribution is 0.100. The number of hydrogen-bond acceptors (Lipinski definition) is 5. The van der Waals surface area contributed by atoms with Gasteiger partial charge in [-0.3, -0.25) is 4.79 Å². The van der Waals surface area contributed by atoms with E-state index in [0.717, 1.165) is 0 Å². The molecule has 0 aliphatic heterocycles. The molecule has 0 fully saturated rings. The van der Waals surface area contributed by atoms with Crippen LogP contribution in [0, 0.1) is 0 Å². The normalized spacial score (nSPS) is 10.0. The summed E-state index contributed by atoms with van der Waals surface area (Å²) in [5.41, 5.74) is 5.10. The van der Waals surface area contributed by atoms with Crippen molar-refractivity contribution in [1.82, 2.24) is 15.0 Å². The van der Waals surface area contributed by atoms with Gasteiger partial charge in [0.1, 0.15) is 4.88 Å². The Balaban J connectivity index is 2.39. The van der Waals surface area contributed by atoms with Gasteiger partial charge in [0.05, 0.1) is 6.20 Å². The van der Waals surface area contributed by atoms with E-state index < -0.39 is 5.91 Å². The van der Waals surface area contributed by atoms with Crippen LogP contribution in [0.5, 0.6) is 0 Å². The smallest absolute Gasteiger partial charge is 0.260 e. The Morgan fingerprint density at radius 3 is 2.57 bits per heavy atom. The van der Waals surface area contributed by atoms with Gasteiger partial charge in [0.15, 0.2) is 10.8 Å². The minimum absolute atomic E-state index is 0.410. The quantitative estimate of drug-likeness (QED) is 0.784. The van der Waals surface area contributed by atoms with Gasteiger partial charge in [0.2, 0.25) is 0 Å². The second-order valence-corrected chi connectivity index (χ2v) is 3.50. The van der Waals surface area contributed by atoms with Crippen molar-refractivity contribution in [2.75, 3.05) is 0 Å². The molecule has 0 aliphatic carbocycles. The van der Waals surface area contributed by atoms with Crippen molar-refractivity contribution in [2.24, 2.45) is 5.73 Å². The van der Waals surface area contributed by atoms with Crippen LogP contribution in [0.15, 0.2) is 24.7 Å². The predicted octanol–water partition coefficient (Wildman–Crippen LogP) is 0.699. The van der Waals surface area contributed by atoms with Crippen molar-refractivity contribution < 1.29 is 4.79 Å². The summed E-state index contributed by atoms with van der Waals surface area (Å²) in [4.78, 5) is 23.2. The number of nitrogens with two attached hydrogens (primary N) is 1. The molecule has 1 amide bonds. The summed E-state index contributed by atoms with van der Waals surface area (Å²) in [5.74, 6) is 0.0229. The van der Waals surface area contributed by atoms with Gasteiger partial charge >= 0.3 is 0 Å². The maximum atomic E-state index is 10.8. The number of rotatable bonds is 2. The van der Waals surface area contributed by atoms with Crippen molar-refractivity contribution in [3.8, 4) is 10.8 Å². The molecule has 2 heterocycles. The zero-order chi connectivity index (χ0) is 9.97. The van der Waals surface area contributed by atoms with Crippen LogP contribution >= 0.6 is 11.3 Å². The molecule has 2 N–H and O–H groups in total. The number of nitrogens with zero attached hydrogens (tertiary/aromatic N) is 3. The van der Waals surface area contributed by atoms with Gasteiger partial charge in [-0.25, -0.2) is 15.0 Å². The van der Waals surface area contributed by atoms with Gasteiger partial charge < -0.3 is 5.73 Å². The van der Waals surface area contributed by atoms with Crippen molar-refractivity contribution in [1.29, 1.82) is 0 Å². The standard InChI is InChI=1S/C8H6N4OS/c9-6(13)5-4-12-8(14-5)7-10-2-1-3-11-7/h1-4H,(H2,9,13). The third-order valence-electron chi connectivity index (χ3n) is 1.51. The molecule has 5 nitrogen and oxygen atoms in total. The largest absolute Gasteiger partial charge is 0.365 e. The molecule has 70 valence electrons. The molecule has 0 unspecified atom stereocenters. The highest BCUT2D eigenvalue weighted by Gasteiger charge is 2.09. The zero-order valence-electron chi connectivity index (χ0n) is 7.04. The first-order valence-corrected chi connectivity index (χ1v) is 4.62. The number of carbonyl (C=O) groups is 1. The van der Waals surface area contributed by atoms with E-state index >= 15 is 0 Å². The lowest BCUT2D eigenvalue weighted by Crippen LogP contribution is -2.08. The van der Waals surface area contributed by atoms with Crippen molar-refractivity contribution in [2.45, 2.75) is 0 Å². The van der Waals surface area contributed by atoms with Crippen molar-refractivity contribution in [3.63, 3.8) is 0 Å². The molecule has 0 atom stereocenters. The third kappa shape index (κ3) is 1.60. The first-order chi connectivity index (χ1) is 6.77. The number of carbonyl (C=O) groups excluding carboxylic acids is 1. The Morgan fingerprint density at radius 1 is 1.29 bits per heavy atom.